The Balaban J connectivity index is 1.85. The third kappa shape index (κ3) is 5.11. The van der Waals surface area contributed by atoms with E-state index in [1.54, 1.807) is 24.3 Å². The Hall–Kier alpha value is -1.79. The predicted molar refractivity (Wildman–Crippen MR) is 99.1 cm³/mol. The molecule has 0 aliphatic heterocycles. The molecule has 0 saturated heterocycles. The Morgan fingerprint density at radius 1 is 1.12 bits per heavy atom. The van der Waals surface area contributed by atoms with E-state index in [2.05, 4.69) is 22.0 Å². The number of benzene rings is 2. The van der Waals surface area contributed by atoms with E-state index in [4.69, 9.17) is 10.5 Å². The van der Waals surface area contributed by atoms with E-state index in [1.807, 2.05) is 19.9 Å². The zero-order valence-corrected chi connectivity index (χ0v) is 15.9. The number of ether oxygens (including phenoxy) is 1. The molecular weight excluding hydrogens is 390 g/mol. The first kappa shape index (κ1) is 18.5. The van der Waals surface area contributed by atoms with Gasteiger partial charge in [-0.15, -0.1) is 11.8 Å². The van der Waals surface area contributed by atoms with Crippen LogP contribution >= 0.6 is 27.7 Å². The van der Waals surface area contributed by atoms with E-state index < -0.39 is 5.91 Å². The number of rotatable bonds is 6. The number of halogens is 1. The number of primary amides is 1. The Labute approximate surface area is 153 Å². The largest absolute Gasteiger partial charge is 0.460 e. The molecule has 0 heterocycles. The summed E-state index contributed by atoms with van der Waals surface area (Å²) < 4.78 is 6.32. The number of nitrogens with two attached hydrogens (primary N) is 1. The Bertz CT molecular complexity index is 760. The summed E-state index contributed by atoms with van der Waals surface area (Å²) in [6, 6.07) is 10.8. The van der Waals surface area contributed by atoms with Crippen molar-refractivity contribution in [2.45, 2.75) is 25.3 Å². The van der Waals surface area contributed by atoms with Gasteiger partial charge in [0.05, 0.1) is 5.75 Å². The molecule has 6 heteroatoms. The van der Waals surface area contributed by atoms with E-state index in [-0.39, 0.29) is 18.3 Å². The maximum absolute atomic E-state index is 11.9. The molecule has 0 aliphatic rings. The molecule has 2 rings (SSSR count). The van der Waals surface area contributed by atoms with Crippen LogP contribution in [-0.4, -0.2) is 17.6 Å². The molecule has 2 N–H and O–H groups in total. The number of carbonyl (C=O) groups excluding carboxylic acids is 2. The summed E-state index contributed by atoms with van der Waals surface area (Å²) in [6.07, 6.45) is 0. The van der Waals surface area contributed by atoms with E-state index in [0.717, 1.165) is 26.1 Å². The molecule has 1 amide bonds. The minimum atomic E-state index is -0.477. The normalized spacial score (nSPS) is 10.5. The first-order chi connectivity index (χ1) is 11.4. The SMILES string of the molecule is Cc1cc(SCC(=O)OCc2ccc(C(N)=O)cc2)c(C)cc1Br. The van der Waals surface area contributed by atoms with Crippen LogP contribution in [0.4, 0.5) is 0 Å². The van der Waals surface area contributed by atoms with Gasteiger partial charge in [-0.3, -0.25) is 9.59 Å². The predicted octanol–water partition coefficient (Wildman–Crippen LogP) is 4.00. The van der Waals surface area contributed by atoms with E-state index in [1.165, 1.54) is 11.8 Å². The highest BCUT2D eigenvalue weighted by molar-refractivity contribution is 9.10. The summed E-state index contributed by atoms with van der Waals surface area (Å²) in [5.41, 5.74) is 8.68. The second kappa shape index (κ2) is 8.35. The maximum Gasteiger partial charge on any atom is 0.316 e. The fourth-order valence-corrected chi connectivity index (χ4v) is 3.38. The smallest absolute Gasteiger partial charge is 0.316 e. The number of esters is 1. The van der Waals surface area contributed by atoms with Gasteiger partial charge >= 0.3 is 5.97 Å². The number of hydrogen-bond donors (Lipinski definition) is 1. The molecule has 0 spiro atoms. The topological polar surface area (TPSA) is 69.4 Å². The lowest BCUT2D eigenvalue weighted by atomic mass is 10.1. The molecule has 0 fully saturated rings. The van der Waals surface area contributed by atoms with Gasteiger partial charge in [0.2, 0.25) is 5.91 Å². The van der Waals surface area contributed by atoms with Gasteiger partial charge in [-0.2, -0.15) is 0 Å². The van der Waals surface area contributed by atoms with Crippen LogP contribution in [0.2, 0.25) is 0 Å². The highest BCUT2D eigenvalue weighted by atomic mass is 79.9. The van der Waals surface area contributed by atoms with Crippen molar-refractivity contribution >= 4 is 39.6 Å². The van der Waals surface area contributed by atoms with Crippen molar-refractivity contribution in [2.75, 3.05) is 5.75 Å². The highest BCUT2D eigenvalue weighted by Crippen LogP contribution is 2.28. The molecule has 0 unspecified atom stereocenters. The molecule has 0 aromatic heterocycles. The molecule has 0 bridgehead atoms. The number of aryl methyl sites for hydroxylation is 2. The molecular formula is C18H18BrNO3S. The Morgan fingerprint density at radius 2 is 1.79 bits per heavy atom. The molecule has 2 aromatic rings. The fourth-order valence-electron chi connectivity index (χ4n) is 2.02. The average molecular weight is 408 g/mol. The summed E-state index contributed by atoms with van der Waals surface area (Å²) in [4.78, 5) is 24.0. The van der Waals surface area contributed by atoms with E-state index in [0.29, 0.717) is 5.56 Å². The monoisotopic (exact) mass is 407 g/mol. The second-order valence-electron chi connectivity index (χ2n) is 5.38. The van der Waals surface area contributed by atoms with Crippen molar-refractivity contribution in [1.29, 1.82) is 0 Å². The number of hydrogen-bond acceptors (Lipinski definition) is 4. The van der Waals surface area contributed by atoms with Gasteiger partial charge in [-0.25, -0.2) is 0 Å². The lowest BCUT2D eigenvalue weighted by molar-refractivity contribution is -0.141. The maximum atomic E-state index is 11.9. The average Bonchev–Trinajstić information content (AvgIpc) is 2.55. The van der Waals surface area contributed by atoms with Gasteiger partial charge in [0.15, 0.2) is 0 Å². The zero-order valence-electron chi connectivity index (χ0n) is 13.5. The van der Waals surface area contributed by atoms with E-state index in [9.17, 15) is 9.59 Å². The van der Waals surface area contributed by atoms with Crippen molar-refractivity contribution < 1.29 is 14.3 Å². The van der Waals surface area contributed by atoms with Gasteiger partial charge in [0.1, 0.15) is 6.61 Å². The van der Waals surface area contributed by atoms with Crippen LogP contribution < -0.4 is 5.73 Å². The molecule has 0 radical (unpaired) electrons. The van der Waals surface area contributed by atoms with Crippen LogP contribution in [0.3, 0.4) is 0 Å². The Morgan fingerprint density at radius 3 is 2.42 bits per heavy atom. The van der Waals surface area contributed by atoms with Gasteiger partial charge in [-0.05, 0) is 54.8 Å². The molecule has 0 atom stereocenters. The number of carbonyl (C=O) groups is 2. The van der Waals surface area contributed by atoms with Gasteiger partial charge in [0.25, 0.3) is 0 Å². The van der Waals surface area contributed by atoms with Crippen LogP contribution in [0.15, 0.2) is 45.8 Å². The highest BCUT2D eigenvalue weighted by Gasteiger charge is 2.09. The summed E-state index contributed by atoms with van der Waals surface area (Å²) in [5.74, 6) is -0.504. The van der Waals surface area contributed by atoms with Crippen LogP contribution in [0.5, 0.6) is 0 Å². The van der Waals surface area contributed by atoms with Gasteiger partial charge < -0.3 is 10.5 Å². The fraction of sp³-hybridized carbons (Fsp3) is 0.222. The van der Waals surface area contributed by atoms with Crippen molar-refractivity contribution in [2.24, 2.45) is 5.73 Å². The first-order valence-corrected chi connectivity index (χ1v) is 9.08. The zero-order chi connectivity index (χ0) is 17.7. The third-order valence-electron chi connectivity index (χ3n) is 3.44. The minimum absolute atomic E-state index is 0.177. The van der Waals surface area contributed by atoms with Crippen LogP contribution in [0, 0.1) is 13.8 Å². The summed E-state index contributed by atoms with van der Waals surface area (Å²) in [5, 5.41) is 0. The lowest BCUT2D eigenvalue weighted by Gasteiger charge is -2.09. The van der Waals surface area contributed by atoms with Crippen LogP contribution in [-0.2, 0) is 16.1 Å². The molecule has 0 aliphatic carbocycles. The molecule has 126 valence electrons. The van der Waals surface area contributed by atoms with E-state index >= 15 is 0 Å². The van der Waals surface area contributed by atoms with Crippen molar-refractivity contribution in [3.63, 3.8) is 0 Å². The van der Waals surface area contributed by atoms with Crippen molar-refractivity contribution in [3.8, 4) is 0 Å². The quantitative estimate of drug-likeness (QED) is 0.580. The number of amides is 1. The minimum Gasteiger partial charge on any atom is -0.460 e. The summed E-state index contributed by atoms with van der Waals surface area (Å²) in [6.45, 7) is 4.20. The standard InChI is InChI=1S/C18H18BrNO3S/c1-11-8-16(12(2)7-15(11)19)24-10-17(21)23-9-13-3-5-14(6-4-13)18(20)22/h3-8H,9-10H2,1-2H3,(H2,20,22). The Kier molecular flexibility index (Phi) is 6.45. The van der Waals surface area contributed by atoms with Crippen LogP contribution in [0.1, 0.15) is 27.0 Å². The lowest BCUT2D eigenvalue weighted by Crippen LogP contribution is -2.11. The van der Waals surface area contributed by atoms with Gasteiger partial charge in [0, 0.05) is 14.9 Å². The third-order valence-corrected chi connectivity index (χ3v) is 5.43. The van der Waals surface area contributed by atoms with Crippen molar-refractivity contribution in [3.05, 3.63) is 63.1 Å². The van der Waals surface area contributed by atoms with Crippen molar-refractivity contribution in [1.82, 2.24) is 0 Å². The summed E-state index contributed by atoms with van der Waals surface area (Å²) in [7, 11) is 0. The molecule has 4 nitrogen and oxygen atoms in total. The summed E-state index contributed by atoms with van der Waals surface area (Å²) >= 11 is 4.96. The van der Waals surface area contributed by atoms with Gasteiger partial charge in [-0.1, -0.05) is 28.1 Å². The van der Waals surface area contributed by atoms with Crippen LogP contribution in [0.25, 0.3) is 0 Å². The second-order valence-corrected chi connectivity index (χ2v) is 7.25. The molecule has 2 aromatic carbocycles. The first-order valence-electron chi connectivity index (χ1n) is 7.30. The number of thioether (sulfide) groups is 1. The molecule has 24 heavy (non-hydrogen) atoms. The molecule has 0 saturated carbocycles.